The molecule has 0 saturated heterocycles. The zero-order valence-electron chi connectivity index (χ0n) is 18.7. The topological polar surface area (TPSA) is 69.7 Å². The Bertz CT molecular complexity index is 679. The van der Waals surface area contributed by atoms with Gasteiger partial charge in [0.1, 0.15) is 5.76 Å². The van der Waals surface area contributed by atoms with Crippen LogP contribution in [0.25, 0.3) is 0 Å². The lowest BCUT2D eigenvalue weighted by atomic mass is 9.94. The Kier molecular flexibility index (Phi) is 12.9. The predicted octanol–water partition coefficient (Wildman–Crippen LogP) is 4.55. The molecule has 1 unspecified atom stereocenters. The molecular formula is C24H37ClNO4+. The van der Waals surface area contributed by atoms with Crippen LogP contribution in [0, 0.1) is 17.8 Å². The van der Waals surface area contributed by atoms with Crippen LogP contribution in [-0.4, -0.2) is 30.7 Å². The molecule has 0 spiro atoms. The molecule has 168 valence electrons. The highest BCUT2D eigenvalue weighted by molar-refractivity contribution is 6.25. The monoisotopic (exact) mass is 438 g/mol. The molecule has 0 amide bonds. The zero-order chi connectivity index (χ0) is 22.4. The van der Waals surface area contributed by atoms with E-state index in [1.54, 1.807) is 6.08 Å². The number of rotatable bonds is 12. The van der Waals surface area contributed by atoms with Gasteiger partial charge in [0.05, 0.1) is 26.6 Å². The maximum absolute atomic E-state index is 11.5. The largest absolute Gasteiger partial charge is 0.494 e. The van der Waals surface area contributed by atoms with Gasteiger partial charge in [0.15, 0.2) is 5.70 Å². The quantitative estimate of drug-likeness (QED) is 0.154. The number of esters is 1. The van der Waals surface area contributed by atoms with Crippen molar-refractivity contribution < 1.29 is 24.4 Å². The first-order valence-corrected chi connectivity index (χ1v) is 11.2. The van der Waals surface area contributed by atoms with Crippen molar-refractivity contribution in [3.63, 3.8) is 0 Å². The van der Waals surface area contributed by atoms with Crippen molar-refractivity contribution in [2.45, 2.75) is 59.3 Å². The molecule has 0 heterocycles. The van der Waals surface area contributed by atoms with Crippen molar-refractivity contribution in [3.05, 3.63) is 47.4 Å². The minimum Gasteiger partial charge on any atom is -0.494 e. The minimum absolute atomic E-state index is 0.178. The highest BCUT2D eigenvalue weighted by Gasteiger charge is 2.18. The van der Waals surface area contributed by atoms with Crippen molar-refractivity contribution in [3.8, 4) is 0 Å². The van der Waals surface area contributed by atoms with Gasteiger partial charge in [-0.2, -0.15) is 4.99 Å². The number of hydrogen-bond acceptors (Lipinski definition) is 3. The third-order valence-electron chi connectivity index (χ3n) is 5.16. The summed E-state index contributed by atoms with van der Waals surface area (Å²) in [6, 6.07) is 0. The molecule has 0 saturated carbocycles. The lowest BCUT2D eigenvalue weighted by Gasteiger charge is -2.13. The molecule has 0 aromatic rings. The van der Waals surface area contributed by atoms with E-state index in [2.05, 4.69) is 31.0 Å². The van der Waals surface area contributed by atoms with E-state index in [0.29, 0.717) is 31.3 Å². The Labute approximate surface area is 186 Å². The van der Waals surface area contributed by atoms with Crippen LogP contribution >= 0.6 is 11.6 Å². The van der Waals surface area contributed by atoms with E-state index >= 15 is 0 Å². The molecule has 30 heavy (non-hydrogen) atoms. The van der Waals surface area contributed by atoms with Gasteiger partial charge >= 0.3 is 11.9 Å². The van der Waals surface area contributed by atoms with Gasteiger partial charge in [-0.15, -0.1) is 0 Å². The number of aliphatic hydroxyl groups excluding tert-OH is 1. The van der Waals surface area contributed by atoms with Gasteiger partial charge in [0.2, 0.25) is 0 Å². The molecule has 1 rings (SSSR count). The van der Waals surface area contributed by atoms with Crippen LogP contribution in [0.15, 0.2) is 47.4 Å². The van der Waals surface area contributed by atoms with E-state index in [1.165, 1.54) is 12.6 Å². The number of nitrogens with one attached hydrogen (secondary N) is 1. The fourth-order valence-corrected chi connectivity index (χ4v) is 3.60. The van der Waals surface area contributed by atoms with Crippen molar-refractivity contribution in [2.24, 2.45) is 17.8 Å². The number of methoxy groups -OCH3 is 1. The van der Waals surface area contributed by atoms with Gasteiger partial charge in [-0.05, 0) is 55.2 Å². The van der Waals surface area contributed by atoms with Gasteiger partial charge in [-0.1, -0.05) is 37.9 Å². The molecule has 5 nitrogen and oxygen atoms in total. The van der Waals surface area contributed by atoms with Crippen molar-refractivity contribution in [2.75, 3.05) is 13.7 Å². The second kappa shape index (κ2) is 14.9. The third-order valence-corrected chi connectivity index (χ3v) is 5.30. The predicted molar refractivity (Wildman–Crippen MR) is 122 cm³/mol. The molecule has 0 aromatic heterocycles. The van der Waals surface area contributed by atoms with E-state index in [4.69, 9.17) is 21.1 Å². The second-order valence-electron chi connectivity index (χ2n) is 7.89. The van der Waals surface area contributed by atoms with Crippen LogP contribution in [0.3, 0.4) is 0 Å². The Balaban J connectivity index is 2.45. The first kappa shape index (κ1) is 26.0. The number of carbonyl (C=O) groups is 1. The molecule has 0 aromatic carbocycles. The SMILES string of the molecule is CCC(CCCOC1=C[C@H](C)C[C@@H](CC(=O)OC)C=C1)CC(O)=[NH+]/C(C)=C/C=C/Cl. The number of halogens is 1. The van der Waals surface area contributed by atoms with Gasteiger partial charge in [0, 0.05) is 18.5 Å². The van der Waals surface area contributed by atoms with Gasteiger partial charge in [0.25, 0.3) is 0 Å². The molecule has 0 bridgehead atoms. The average Bonchev–Trinajstić information content (AvgIpc) is 2.88. The maximum Gasteiger partial charge on any atom is 0.337 e. The van der Waals surface area contributed by atoms with Crippen LogP contribution in [0.4, 0.5) is 0 Å². The van der Waals surface area contributed by atoms with E-state index in [-0.39, 0.29) is 17.8 Å². The highest BCUT2D eigenvalue weighted by Crippen LogP contribution is 2.25. The number of ether oxygens (including phenoxy) is 2. The van der Waals surface area contributed by atoms with E-state index < -0.39 is 0 Å². The van der Waals surface area contributed by atoms with Gasteiger partial charge in [-0.25, -0.2) is 0 Å². The summed E-state index contributed by atoms with van der Waals surface area (Å²) in [6.45, 7) is 6.79. The molecule has 0 aliphatic heterocycles. The summed E-state index contributed by atoms with van der Waals surface area (Å²) in [7, 11) is 1.42. The molecule has 0 fully saturated rings. The molecule has 1 aliphatic carbocycles. The van der Waals surface area contributed by atoms with Crippen LogP contribution in [0.5, 0.6) is 0 Å². The molecular weight excluding hydrogens is 402 g/mol. The molecule has 0 radical (unpaired) electrons. The lowest BCUT2D eigenvalue weighted by molar-refractivity contribution is -0.409. The van der Waals surface area contributed by atoms with Crippen molar-refractivity contribution >= 4 is 23.5 Å². The number of aliphatic hydroxyl groups is 1. The van der Waals surface area contributed by atoms with Crippen LogP contribution in [0.1, 0.15) is 59.3 Å². The molecule has 3 atom stereocenters. The standard InChI is InChI=1S/C24H36ClNO4/c1-5-20(16-23(27)26-19(3)8-6-12-25)9-7-13-30-22-11-10-21(14-18(2)15-22)17-24(28)29-4/h6,8,10-12,15,18,20-21H,5,7,9,13-14,16-17H2,1-4H3,(H,26,27)/p+1/b12-6+,19-8+/t18-,20?,21+/m1/s1. The summed E-state index contributed by atoms with van der Waals surface area (Å²) >= 11 is 5.51. The fourth-order valence-electron chi connectivity index (χ4n) is 3.52. The highest BCUT2D eigenvalue weighted by atomic mass is 35.5. The van der Waals surface area contributed by atoms with Gasteiger partial charge < -0.3 is 14.6 Å². The van der Waals surface area contributed by atoms with Crippen LogP contribution in [-0.2, 0) is 14.3 Å². The third kappa shape index (κ3) is 11.2. The summed E-state index contributed by atoms with van der Waals surface area (Å²) < 4.78 is 10.7. The molecule has 6 heteroatoms. The average molecular weight is 439 g/mol. The van der Waals surface area contributed by atoms with E-state index in [0.717, 1.165) is 37.1 Å². The normalized spacial score (nSPS) is 21.3. The van der Waals surface area contributed by atoms with Crippen LogP contribution in [0.2, 0.25) is 0 Å². The molecule has 1 aliphatic rings. The number of hydrogen-bond donors (Lipinski definition) is 2. The lowest BCUT2D eigenvalue weighted by Crippen LogP contribution is -2.70. The summed E-state index contributed by atoms with van der Waals surface area (Å²) in [5.74, 6) is 1.88. The Hall–Kier alpha value is -2.01. The van der Waals surface area contributed by atoms with Crippen molar-refractivity contribution in [1.29, 1.82) is 0 Å². The number of allylic oxidation sites excluding steroid dienone is 6. The van der Waals surface area contributed by atoms with Crippen LogP contribution < -0.4 is 4.99 Å². The fraction of sp³-hybridized carbons (Fsp3) is 0.583. The van der Waals surface area contributed by atoms with E-state index in [1.807, 2.05) is 19.1 Å². The first-order chi connectivity index (χ1) is 14.4. The minimum atomic E-state index is -0.178. The Morgan fingerprint density at radius 1 is 1.47 bits per heavy atom. The summed E-state index contributed by atoms with van der Waals surface area (Å²) in [6.07, 6.45) is 14.5. The number of carbonyl (C=O) groups excluding carboxylic acids is 1. The van der Waals surface area contributed by atoms with Crippen molar-refractivity contribution in [1.82, 2.24) is 0 Å². The summed E-state index contributed by atoms with van der Waals surface area (Å²) in [5.41, 5.74) is 2.27. The Morgan fingerprint density at radius 3 is 2.90 bits per heavy atom. The first-order valence-electron chi connectivity index (χ1n) is 10.7. The summed E-state index contributed by atoms with van der Waals surface area (Å²) in [5, 5.41) is 10.2. The Morgan fingerprint density at radius 2 is 2.23 bits per heavy atom. The maximum atomic E-state index is 11.5. The zero-order valence-corrected chi connectivity index (χ0v) is 19.5. The van der Waals surface area contributed by atoms with E-state index in [9.17, 15) is 9.90 Å². The second-order valence-corrected chi connectivity index (χ2v) is 8.14. The smallest absolute Gasteiger partial charge is 0.337 e. The summed E-state index contributed by atoms with van der Waals surface area (Å²) in [4.78, 5) is 14.5. The van der Waals surface area contributed by atoms with Gasteiger partial charge in [-0.3, -0.25) is 4.79 Å². The molecule has 2 N–H and O–H groups in total.